The van der Waals surface area contributed by atoms with Crippen molar-refractivity contribution in [2.75, 3.05) is 0 Å². The lowest BCUT2D eigenvalue weighted by molar-refractivity contribution is 0.0694. The molecule has 0 aromatic carbocycles. The largest absolute Gasteiger partial charge is 0.477 e. The highest BCUT2D eigenvalue weighted by atomic mass is 19.1. The number of pyridine rings is 2. The lowest BCUT2D eigenvalue weighted by atomic mass is 10.2. The first-order valence-corrected chi connectivity index (χ1v) is 5.50. The number of hydrogen-bond donors (Lipinski definition) is 1. The lowest BCUT2D eigenvalue weighted by Crippen LogP contribution is -2.27. The quantitative estimate of drug-likeness (QED) is 0.893. The first kappa shape index (κ1) is 12.9. The van der Waals surface area contributed by atoms with Gasteiger partial charge >= 0.3 is 5.97 Å². The van der Waals surface area contributed by atoms with E-state index >= 15 is 0 Å². The molecule has 2 heterocycles. The fraction of sp³-hybridized carbons (Fsp3) is 0.154. The maximum absolute atomic E-state index is 13.0. The van der Waals surface area contributed by atoms with Gasteiger partial charge in [0.05, 0.1) is 6.20 Å². The van der Waals surface area contributed by atoms with E-state index in [-0.39, 0.29) is 11.4 Å². The molecule has 0 spiro atoms. The van der Waals surface area contributed by atoms with Gasteiger partial charge in [0.1, 0.15) is 17.2 Å². The monoisotopic (exact) mass is 262 g/mol. The van der Waals surface area contributed by atoms with Crippen LogP contribution in [0.15, 0.2) is 29.2 Å². The molecule has 1 N–H and O–H groups in total. The second-order valence-corrected chi connectivity index (χ2v) is 4.13. The summed E-state index contributed by atoms with van der Waals surface area (Å²) in [4.78, 5) is 26.9. The summed E-state index contributed by atoms with van der Waals surface area (Å²) in [6.07, 6.45) is 0.988. The van der Waals surface area contributed by atoms with Crippen LogP contribution in [0.1, 0.15) is 21.6 Å². The molecule has 2 aromatic rings. The summed E-state index contributed by atoms with van der Waals surface area (Å²) in [5, 5.41) is 8.95. The third-order valence-electron chi connectivity index (χ3n) is 2.74. The average Bonchev–Trinajstić information content (AvgIpc) is 2.31. The van der Waals surface area contributed by atoms with Crippen molar-refractivity contribution >= 4 is 5.97 Å². The molecule has 0 bridgehead atoms. The number of carbonyl (C=O) groups is 1. The Morgan fingerprint density at radius 2 is 2.05 bits per heavy atom. The van der Waals surface area contributed by atoms with Crippen LogP contribution in [0.25, 0.3) is 5.82 Å². The Kier molecular flexibility index (Phi) is 3.16. The Bertz CT molecular complexity index is 722. The van der Waals surface area contributed by atoms with Gasteiger partial charge in [0, 0.05) is 5.69 Å². The van der Waals surface area contributed by atoms with Gasteiger partial charge in [-0.15, -0.1) is 0 Å². The van der Waals surface area contributed by atoms with E-state index in [1.165, 1.54) is 18.2 Å². The molecule has 6 heteroatoms. The first-order valence-electron chi connectivity index (χ1n) is 5.50. The van der Waals surface area contributed by atoms with Gasteiger partial charge in [-0.2, -0.15) is 0 Å². The summed E-state index contributed by atoms with van der Waals surface area (Å²) < 4.78 is 14.2. The predicted octanol–water partition coefficient (Wildman–Crippen LogP) is 1.69. The van der Waals surface area contributed by atoms with Gasteiger partial charge < -0.3 is 5.11 Å². The minimum Gasteiger partial charge on any atom is -0.477 e. The van der Waals surface area contributed by atoms with E-state index in [1.807, 2.05) is 0 Å². The molecular formula is C13H11FN2O3. The molecular weight excluding hydrogens is 251 g/mol. The highest BCUT2D eigenvalue weighted by Gasteiger charge is 2.15. The highest BCUT2D eigenvalue weighted by Crippen LogP contribution is 2.12. The molecule has 0 atom stereocenters. The smallest absolute Gasteiger partial charge is 0.341 e. The topological polar surface area (TPSA) is 72.2 Å². The molecule has 19 heavy (non-hydrogen) atoms. The highest BCUT2D eigenvalue weighted by molar-refractivity contribution is 5.87. The van der Waals surface area contributed by atoms with E-state index in [1.54, 1.807) is 13.8 Å². The van der Waals surface area contributed by atoms with Crippen LogP contribution in [0.4, 0.5) is 4.39 Å². The van der Waals surface area contributed by atoms with Gasteiger partial charge in [0.25, 0.3) is 5.56 Å². The van der Waals surface area contributed by atoms with E-state index in [9.17, 15) is 14.0 Å². The Labute approximate surface area is 108 Å². The summed E-state index contributed by atoms with van der Waals surface area (Å²) >= 11 is 0. The third-order valence-corrected chi connectivity index (χ3v) is 2.74. The average molecular weight is 262 g/mol. The molecule has 0 fully saturated rings. The fourth-order valence-corrected chi connectivity index (χ4v) is 1.82. The molecule has 5 nitrogen and oxygen atoms in total. The van der Waals surface area contributed by atoms with E-state index in [0.29, 0.717) is 11.3 Å². The summed E-state index contributed by atoms with van der Waals surface area (Å²) in [5.41, 5.74) is -0.0595. The van der Waals surface area contributed by atoms with Gasteiger partial charge in [-0.1, -0.05) is 0 Å². The molecule has 0 saturated carbocycles. The minimum absolute atomic E-state index is 0.229. The van der Waals surface area contributed by atoms with Crippen molar-refractivity contribution in [3.05, 3.63) is 57.4 Å². The van der Waals surface area contributed by atoms with E-state index in [0.717, 1.165) is 10.8 Å². The lowest BCUT2D eigenvalue weighted by Gasteiger charge is -2.12. The van der Waals surface area contributed by atoms with Gasteiger partial charge in [-0.05, 0) is 37.6 Å². The van der Waals surface area contributed by atoms with E-state index in [4.69, 9.17) is 5.11 Å². The fourth-order valence-electron chi connectivity index (χ4n) is 1.82. The van der Waals surface area contributed by atoms with Crippen molar-refractivity contribution in [1.82, 2.24) is 9.55 Å². The van der Waals surface area contributed by atoms with E-state index in [2.05, 4.69) is 4.98 Å². The third kappa shape index (κ3) is 2.24. The molecule has 0 aliphatic carbocycles. The zero-order chi connectivity index (χ0) is 14.2. The van der Waals surface area contributed by atoms with Gasteiger partial charge in [-0.3, -0.25) is 9.36 Å². The molecule has 2 aromatic heterocycles. The van der Waals surface area contributed by atoms with Crippen molar-refractivity contribution in [2.45, 2.75) is 13.8 Å². The van der Waals surface area contributed by atoms with Crippen LogP contribution in [0, 0.1) is 19.7 Å². The number of rotatable bonds is 2. The van der Waals surface area contributed by atoms with Crippen molar-refractivity contribution in [2.24, 2.45) is 0 Å². The maximum Gasteiger partial charge on any atom is 0.341 e. The van der Waals surface area contributed by atoms with E-state index < -0.39 is 17.3 Å². The summed E-state index contributed by atoms with van der Waals surface area (Å²) in [7, 11) is 0. The van der Waals surface area contributed by atoms with Crippen LogP contribution in [0.3, 0.4) is 0 Å². The van der Waals surface area contributed by atoms with Crippen molar-refractivity contribution in [1.29, 1.82) is 0 Å². The number of aromatic nitrogens is 2. The second kappa shape index (κ2) is 4.64. The normalized spacial score (nSPS) is 10.5. The van der Waals surface area contributed by atoms with Crippen molar-refractivity contribution in [3.8, 4) is 5.82 Å². The molecule has 0 saturated heterocycles. The molecule has 2 rings (SSSR count). The summed E-state index contributed by atoms with van der Waals surface area (Å²) in [6, 6.07) is 3.99. The number of carboxylic acids is 1. The van der Waals surface area contributed by atoms with Crippen molar-refractivity contribution in [3.63, 3.8) is 0 Å². The van der Waals surface area contributed by atoms with Crippen LogP contribution in [0.2, 0.25) is 0 Å². The number of aryl methyl sites for hydroxylation is 2. The number of halogens is 1. The number of hydrogen-bond acceptors (Lipinski definition) is 3. The Morgan fingerprint density at radius 1 is 1.37 bits per heavy atom. The van der Waals surface area contributed by atoms with Gasteiger partial charge in [0.2, 0.25) is 0 Å². The number of nitrogens with zero attached hydrogens (tertiary/aromatic N) is 2. The van der Waals surface area contributed by atoms with Gasteiger partial charge in [0.15, 0.2) is 0 Å². The standard InChI is InChI=1S/C13H11FN2O3/c1-7-5-9(14)6-15-11(7)16-8(2)3-4-10(12(16)17)13(18)19/h3-6H,1-2H3,(H,18,19). The zero-order valence-corrected chi connectivity index (χ0v) is 10.3. The molecule has 98 valence electrons. The maximum atomic E-state index is 13.0. The van der Waals surface area contributed by atoms with Gasteiger partial charge in [-0.25, -0.2) is 14.2 Å². The summed E-state index contributed by atoms with van der Waals surface area (Å²) in [6.45, 7) is 3.25. The van der Waals surface area contributed by atoms with Crippen LogP contribution in [-0.2, 0) is 0 Å². The number of aromatic carboxylic acids is 1. The predicted molar refractivity (Wildman–Crippen MR) is 66.2 cm³/mol. The van der Waals surface area contributed by atoms with Crippen LogP contribution >= 0.6 is 0 Å². The molecule has 0 radical (unpaired) electrons. The SMILES string of the molecule is Cc1cc(F)cnc1-n1c(C)ccc(C(=O)O)c1=O. The Balaban J connectivity index is 2.78. The summed E-state index contributed by atoms with van der Waals surface area (Å²) in [5.74, 6) is -1.59. The second-order valence-electron chi connectivity index (χ2n) is 4.13. The first-order chi connectivity index (χ1) is 8.91. The molecule has 0 unspecified atom stereocenters. The zero-order valence-electron chi connectivity index (χ0n) is 10.3. The van der Waals surface area contributed by atoms with Crippen LogP contribution in [0.5, 0.6) is 0 Å². The van der Waals surface area contributed by atoms with Crippen molar-refractivity contribution < 1.29 is 14.3 Å². The Hall–Kier alpha value is -2.50. The minimum atomic E-state index is -1.31. The number of carboxylic acid groups (broad SMARTS) is 1. The molecule has 0 aliphatic heterocycles. The molecule has 0 amide bonds. The van der Waals surface area contributed by atoms with Crippen LogP contribution < -0.4 is 5.56 Å². The van der Waals surface area contributed by atoms with Crippen LogP contribution in [-0.4, -0.2) is 20.6 Å². The Morgan fingerprint density at radius 3 is 2.63 bits per heavy atom. The molecule has 0 aliphatic rings.